The highest BCUT2D eigenvalue weighted by Crippen LogP contribution is 2.53. The van der Waals surface area contributed by atoms with Gasteiger partial charge in [-0.25, -0.2) is 17.6 Å². The lowest BCUT2D eigenvalue weighted by Gasteiger charge is -2.54. The van der Waals surface area contributed by atoms with E-state index in [0.717, 1.165) is 24.0 Å². The number of hydrogen-bond acceptors (Lipinski definition) is 3. The van der Waals surface area contributed by atoms with Crippen LogP contribution in [0.4, 0.5) is 9.18 Å². The fourth-order valence-electron chi connectivity index (χ4n) is 6.49. The number of urea groups is 1. The fraction of sp³-hybridized carbons (Fsp3) is 0.682. The largest absolute Gasteiger partial charge is 0.335 e. The van der Waals surface area contributed by atoms with Crippen LogP contribution in [0.3, 0.4) is 0 Å². The van der Waals surface area contributed by atoms with Crippen molar-refractivity contribution in [2.75, 3.05) is 26.2 Å². The van der Waals surface area contributed by atoms with Gasteiger partial charge in [0.2, 0.25) is 10.0 Å². The predicted octanol–water partition coefficient (Wildman–Crippen LogP) is 3.06. The average molecular weight is 436 g/mol. The van der Waals surface area contributed by atoms with Crippen LogP contribution >= 0.6 is 0 Å². The molecule has 4 bridgehead atoms. The van der Waals surface area contributed by atoms with Crippen molar-refractivity contribution in [3.63, 3.8) is 0 Å². The van der Waals surface area contributed by atoms with Crippen LogP contribution in [0.1, 0.15) is 38.5 Å². The van der Waals surface area contributed by atoms with Gasteiger partial charge in [-0.2, -0.15) is 4.31 Å². The van der Waals surface area contributed by atoms with Gasteiger partial charge in [0.25, 0.3) is 0 Å². The Morgan fingerprint density at radius 3 is 2.17 bits per heavy atom. The van der Waals surface area contributed by atoms with E-state index in [1.54, 1.807) is 4.90 Å². The van der Waals surface area contributed by atoms with Crippen LogP contribution in [-0.4, -0.2) is 55.9 Å². The van der Waals surface area contributed by atoms with E-state index in [1.165, 1.54) is 48.5 Å². The number of rotatable bonds is 3. The zero-order valence-electron chi connectivity index (χ0n) is 17.2. The smallest absolute Gasteiger partial charge is 0.317 e. The second kappa shape index (κ2) is 7.79. The van der Waals surface area contributed by atoms with Crippen LogP contribution < -0.4 is 5.32 Å². The molecule has 5 fully saturated rings. The molecule has 2 amide bonds. The highest BCUT2D eigenvalue weighted by molar-refractivity contribution is 7.89. The lowest BCUT2D eigenvalue weighted by Crippen LogP contribution is -2.58. The number of nitrogens with one attached hydrogen (secondary N) is 1. The molecule has 1 saturated heterocycles. The molecule has 8 heteroatoms. The van der Waals surface area contributed by atoms with E-state index >= 15 is 0 Å². The third kappa shape index (κ3) is 3.73. The first-order valence-corrected chi connectivity index (χ1v) is 12.7. The number of carbonyl (C=O) groups excluding carboxylic acids is 1. The minimum atomic E-state index is -3.68. The van der Waals surface area contributed by atoms with Crippen LogP contribution in [0.15, 0.2) is 29.2 Å². The van der Waals surface area contributed by atoms with E-state index in [0.29, 0.717) is 37.9 Å². The highest BCUT2D eigenvalue weighted by atomic mass is 32.2. The Bertz CT molecular complexity index is 877. The predicted molar refractivity (Wildman–Crippen MR) is 111 cm³/mol. The molecule has 1 aromatic rings. The summed E-state index contributed by atoms with van der Waals surface area (Å²) in [6.07, 6.45) is 6.99. The number of benzene rings is 1. The van der Waals surface area contributed by atoms with E-state index in [2.05, 4.69) is 5.32 Å². The monoisotopic (exact) mass is 435 g/mol. The first-order chi connectivity index (χ1) is 14.4. The van der Waals surface area contributed by atoms with E-state index in [9.17, 15) is 17.6 Å². The van der Waals surface area contributed by atoms with Crippen LogP contribution in [0, 0.1) is 29.5 Å². The van der Waals surface area contributed by atoms with Gasteiger partial charge in [-0.1, -0.05) is 0 Å². The summed E-state index contributed by atoms with van der Waals surface area (Å²) in [4.78, 5) is 14.9. The third-order valence-corrected chi connectivity index (χ3v) is 9.62. The van der Waals surface area contributed by atoms with Crippen molar-refractivity contribution in [1.82, 2.24) is 14.5 Å². The topological polar surface area (TPSA) is 69.7 Å². The molecule has 4 aliphatic carbocycles. The van der Waals surface area contributed by atoms with Gasteiger partial charge in [0, 0.05) is 32.2 Å². The summed E-state index contributed by atoms with van der Waals surface area (Å²) in [6.45, 7) is 1.55. The Morgan fingerprint density at radius 2 is 1.53 bits per heavy atom. The molecule has 1 N–H and O–H groups in total. The van der Waals surface area contributed by atoms with Crippen LogP contribution in [0.2, 0.25) is 0 Å². The lowest BCUT2D eigenvalue weighted by atomic mass is 9.54. The molecule has 0 atom stereocenters. The summed E-state index contributed by atoms with van der Waals surface area (Å²) in [5.74, 6) is 2.51. The number of nitrogens with zero attached hydrogens (tertiary/aromatic N) is 2. The van der Waals surface area contributed by atoms with Crippen molar-refractivity contribution in [3.05, 3.63) is 30.1 Å². The Hall–Kier alpha value is -1.67. The van der Waals surface area contributed by atoms with Crippen molar-refractivity contribution in [2.24, 2.45) is 23.7 Å². The third-order valence-electron chi connectivity index (χ3n) is 7.71. The van der Waals surface area contributed by atoms with E-state index in [1.807, 2.05) is 0 Å². The molecule has 4 saturated carbocycles. The molecule has 1 aliphatic heterocycles. The molecule has 5 aliphatic rings. The van der Waals surface area contributed by atoms with Gasteiger partial charge < -0.3 is 10.2 Å². The van der Waals surface area contributed by atoms with E-state index < -0.39 is 15.8 Å². The molecule has 0 aromatic heterocycles. The Labute approximate surface area is 177 Å². The second-order valence-corrected chi connectivity index (χ2v) is 11.5. The SMILES string of the molecule is O=C(NC1C2CC3CC(C2)CC1C3)N1CCCN(S(=O)(=O)c2ccc(F)cc2)CC1. The molecule has 30 heavy (non-hydrogen) atoms. The maximum atomic E-state index is 13.2. The molecule has 0 unspecified atom stereocenters. The van der Waals surface area contributed by atoms with E-state index in [-0.39, 0.29) is 23.5 Å². The summed E-state index contributed by atoms with van der Waals surface area (Å²) >= 11 is 0. The van der Waals surface area contributed by atoms with Crippen LogP contribution in [0.25, 0.3) is 0 Å². The molecular formula is C22H30FN3O3S. The number of carbonyl (C=O) groups is 1. The molecule has 0 spiro atoms. The average Bonchev–Trinajstić information content (AvgIpc) is 2.97. The van der Waals surface area contributed by atoms with Crippen LogP contribution in [-0.2, 0) is 10.0 Å². The van der Waals surface area contributed by atoms with Crippen molar-refractivity contribution < 1.29 is 17.6 Å². The van der Waals surface area contributed by atoms with Gasteiger partial charge >= 0.3 is 6.03 Å². The van der Waals surface area contributed by atoms with Gasteiger partial charge in [-0.15, -0.1) is 0 Å². The van der Waals surface area contributed by atoms with Crippen molar-refractivity contribution in [2.45, 2.75) is 49.5 Å². The zero-order chi connectivity index (χ0) is 20.9. The van der Waals surface area contributed by atoms with Crippen molar-refractivity contribution >= 4 is 16.1 Å². The molecule has 1 aromatic carbocycles. The van der Waals surface area contributed by atoms with Crippen LogP contribution in [0.5, 0.6) is 0 Å². The second-order valence-electron chi connectivity index (χ2n) is 9.60. The number of halogens is 1. The zero-order valence-corrected chi connectivity index (χ0v) is 18.0. The first kappa shape index (κ1) is 20.2. The molecule has 164 valence electrons. The lowest BCUT2D eigenvalue weighted by molar-refractivity contribution is -0.0109. The van der Waals surface area contributed by atoms with Crippen molar-refractivity contribution in [3.8, 4) is 0 Å². The normalized spacial score (nSPS) is 34.0. The maximum Gasteiger partial charge on any atom is 0.317 e. The number of amides is 2. The molecular weight excluding hydrogens is 405 g/mol. The summed E-state index contributed by atoms with van der Waals surface area (Å²) in [7, 11) is -3.68. The molecule has 6 nitrogen and oxygen atoms in total. The molecule has 1 heterocycles. The Balaban J connectivity index is 1.21. The van der Waals surface area contributed by atoms with Gasteiger partial charge in [-0.3, -0.25) is 0 Å². The number of sulfonamides is 1. The Morgan fingerprint density at radius 1 is 0.900 bits per heavy atom. The molecule has 0 radical (unpaired) electrons. The minimum absolute atomic E-state index is 0.0477. The van der Waals surface area contributed by atoms with Gasteiger partial charge in [0.05, 0.1) is 4.90 Å². The number of hydrogen-bond donors (Lipinski definition) is 1. The summed E-state index contributed by atoms with van der Waals surface area (Å²) in [5.41, 5.74) is 0. The van der Waals surface area contributed by atoms with Gasteiger partial charge in [0.15, 0.2) is 0 Å². The van der Waals surface area contributed by atoms with Gasteiger partial charge in [0.1, 0.15) is 5.82 Å². The fourth-order valence-corrected chi connectivity index (χ4v) is 7.96. The summed E-state index contributed by atoms with van der Waals surface area (Å²) in [5, 5.41) is 3.33. The van der Waals surface area contributed by atoms with Gasteiger partial charge in [-0.05, 0) is 86.5 Å². The first-order valence-electron chi connectivity index (χ1n) is 11.2. The van der Waals surface area contributed by atoms with E-state index in [4.69, 9.17) is 0 Å². The Kier molecular flexibility index (Phi) is 5.25. The highest BCUT2D eigenvalue weighted by Gasteiger charge is 2.48. The van der Waals surface area contributed by atoms with Crippen molar-refractivity contribution in [1.29, 1.82) is 0 Å². The minimum Gasteiger partial charge on any atom is -0.335 e. The quantitative estimate of drug-likeness (QED) is 0.793. The summed E-state index contributed by atoms with van der Waals surface area (Å²) in [6, 6.07) is 5.16. The summed E-state index contributed by atoms with van der Waals surface area (Å²) < 4.78 is 40.4. The maximum absolute atomic E-state index is 13.2. The standard InChI is InChI=1S/C22H30FN3O3S/c23-19-2-4-20(5-3-19)30(28,29)26-7-1-6-25(8-9-26)22(27)24-21-17-11-15-10-16(13-17)14-18(21)12-15/h2-5,15-18,21H,1,6-14H2,(H,24,27). The molecule has 6 rings (SSSR count).